The van der Waals surface area contributed by atoms with Crippen molar-refractivity contribution in [3.8, 4) is 0 Å². The molecule has 1 atom stereocenters. The first-order valence-corrected chi connectivity index (χ1v) is 5.84. The third-order valence-corrected chi connectivity index (χ3v) is 2.84. The second-order valence-electron chi connectivity index (χ2n) is 4.49. The van der Waals surface area contributed by atoms with Gasteiger partial charge in [0.05, 0.1) is 17.7 Å². The summed E-state index contributed by atoms with van der Waals surface area (Å²) in [5.41, 5.74) is 1.71. The standard InChI is InChI=1S/C13H16N2O3/c1-8(7-18-2)6-14-9-3-4-10-11(5-9)13(17)15-12(10)16/h3-5,8,14H,6-7H2,1-2H3,(H,15,16,17). The van der Waals surface area contributed by atoms with Crippen LogP contribution in [0.5, 0.6) is 0 Å². The van der Waals surface area contributed by atoms with Crippen molar-refractivity contribution in [2.45, 2.75) is 6.92 Å². The van der Waals surface area contributed by atoms with Crippen LogP contribution in [0.1, 0.15) is 27.6 Å². The fourth-order valence-electron chi connectivity index (χ4n) is 1.91. The molecule has 2 N–H and O–H groups in total. The zero-order valence-corrected chi connectivity index (χ0v) is 10.4. The van der Waals surface area contributed by atoms with Crippen LogP contribution in [-0.2, 0) is 4.74 Å². The van der Waals surface area contributed by atoms with Crippen molar-refractivity contribution < 1.29 is 14.3 Å². The highest BCUT2D eigenvalue weighted by atomic mass is 16.5. The summed E-state index contributed by atoms with van der Waals surface area (Å²) in [5.74, 6) is -0.281. The molecule has 1 aliphatic rings. The topological polar surface area (TPSA) is 67.4 Å². The molecule has 0 radical (unpaired) electrons. The van der Waals surface area contributed by atoms with Gasteiger partial charge in [-0.3, -0.25) is 14.9 Å². The lowest BCUT2D eigenvalue weighted by atomic mass is 10.1. The molecule has 0 bridgehead atoms. The number of imide groups is 1. The minimum atomic E-state index is -0.330. The van der Waals surface area contributed by atoms with Gasteiger partial charge < -0.3 is 10.1 Å². The van der Waals surface area contributed by atoms with E-state index in [1.807, 2.05) is 0 Å². The normalized spacial score (nSPS) is 15.2. The molecule has 0 fully saturated rings. The van der Waals surface area contributed by atoms with Crippen LogP contribution in [0.4, 0.5) is 5.69 Å². The summed E-state index contributed by atoms with van der Waals surface area (Å²) in [6.07, 6.45) is 0. The molecule has 5 heteroatoms. The molecule has 1 aromatic carbocycles. The summed E-state index contributed by atoms with van der Waals surface area (Å²) in [6, 6.07) is 5.17. The fourth-order valence-corrected chi connectivity index (χ4v) is 1.91. The second-order valence-corrected chi connectivity index (χ2v) is 4.49. The molecule has 1 heterocycles. The Bertz CT molecular complexity index is 485. The van der Waals surface area contributed by atoms with Crippen LogP contribution in [0.15, 0.2) is 18.2 Å². The SMILES string of the molecule is COCC(C)CNc1ccc2c(c1)C(=O)NC2=O. The highest BCUT2D eigenvalue weighted by molar-refractivity contribution is 6.21. The van der Waals surface area contributed by atoms with E-state index < -0.39 is 0 Å². The van der Waals surface area contributed by atoms with Gasteiger partial charge in [-0.1, -0.05) is 6.92 Å². The van der Waals surface area contributed by atoms with Gasteiger partial charge in [-0.15, -0.1) is 0 Å². The number of carbonyl (C=O) groups excluding carboxylic acids is 2. The Hall–Kier alpha value is -1.88. The van der Waals surface area contributed by atoms with Gasteiger partial charge in [-0.05, 0) is 24.1 Å². The minimum absolute atomic E-state index is 0.325. The van der Waals surface area contributed by atoms with Crippen molar-refractivity contribution in [1.29, 1.82) is 0 Å². The summed E-state index contributed by atoms with van der Waals surface area (Å²) in [4.78, 5) is 22.9. The number of nitrogens with one attached hydrogen (secondary N) is 2. The maximum atomic E-state index is 11.5. The Labute approximate surface area is 106 Å². The van der Waals surface area contributed by atoms with Crippen LogP contribution in [0, 0.1) is 5.92 Å². The maximum Gasteiger partial charge on any atom is 0.259 e. The lowest BCUT2D eigenvalue weighted by Crippen LogP contribution is -2.19. The van der Waals surface area contributed by atoms with Crippen molar-refractivity contribution in [3.05, 3.63) is 29.3 Å². The van der Waals surface area contributed by atoms with Crippen molar-refractivity contribution in [2.24, 2.45) is 5.92 Å². The highest BCUT2D eigenvalue weighted by Gasteiger charge is 2.26. The summed E-state index contributed by atoms with van der Waals surface area (Å²) in [7, 11) is 1.67. The van der Waals surface area contributed by atoms with Gasteiger partial charge in [0.15, 0.2) is 0 Å². The van der Waals surface area contributed by atoms with Gasteiger partial charge in [-0.25, -0.2) is 0 Å². The average Bonchev–Trinajstić information content (AvgIpc) is 2.63. The lowest BCUT2D eigenvalue weighted by molar-refractivity contribution is 0.0879. The van der Waals surface area contributed by atoms with Crippen molar-refractivity contribution in [3.63, 3.8) is 0 Å². The first kappa shape index (κ1) is 12.6. The summed E-state index contributed by atoms with van der Waals surface area (Å²) < 4.78 is 5.05. The monoisotopic (exact) mass is 248 g/mol. The number of hydrogen-bond acceptors (Lipinski definition) is 4. The van der Waals surface area contributed by atoms with Gasteiger partial charge in [0.2, 0.25) is 0 Å². The van der Waals surface area contributed by atoms with E-state index in [2.05, 4.69) is 17.6 Å². The molecule has 2 amide bonds. The predicted molar refractivity (Wildman–Crippen MR) is 67.8 cm³/mol. The predicted octanol–water partition coefficient (Wildman–Crippen LogP) is 1.26. The molecule has 18 heavy (non-hydrogen) atoms. The number of benzene rings is 1. The van der Waals surface area contributed by atoms with E-state index in [-0.39, 0.29) is 11.8 Å². The van der Waals surface area contributed by atoms with Gasteiger partial charge in [-0.2, -0.15) is 0 Å². The Morgan fingerprint density at radius 1 is 1.28 bits per heavy atom. The van der Waals surface area contributed by atoms with Crippen LogP contribution in [0.2, 0.25) is 0 Å². The van der Waals surface area contributed by atoms with Crippen LogP contribution in [0.3, 0.4) is 0 Å². The van der Waals surface area contributed by atoms with E-state index in [9.17, 15) is 9.59 Å². The quantitative estimate of drug-likeness (QED) is 0.770. The summed E-state index contributed by atoms with van der Waals surface area (Å²) in [5, 5.41) is 5.49. The molecule has 0 spiro atoms. The van der Waals surface area contributed by atoms with Gasteiger partial charge >= 0.3 is 0 Å². The number of methoxy groups -OCH3 is 1. The number of anilines is 1. The number of rotatable bonds is 5. The van der Waals surface area contributed by atoms with E-state index in [1.54, 1.807) is 25.3 Å². The van der Waals surface area contributed by atoms with Crippen LogP contribution < -0.4 is 10.6 Å². The first-order chi connectivity index (χ1) is 8.61. The third kappa shape index (κ3) is 2.51. The van der Waals surface area contributed by atoms with Gasteiger partial charge in [0.25, 0.3) is 11.8 Å². The molecule has 1 unspecified atom stereocenters. The summed E-state index contributed by atoms with van der Waals surface area (Å²) in [6.45, 7) is 3.50. The molecule has 1 aliphatic heterocycles. The fraction of sp³-hybridized carbons (Fsp3) is 0.385. The summed E-state index contributed by atoms with van der Waals surface area (Å²) >= 11 is 0. The molecule has 0 saturated heterocycles. The minimum Gasteiger partial charge on any atom is -0.385 e. The molecule has 1 aromatic rings. The molecule has 0 saturated carbocycles. The van der Waals surface area contributed by atoms with Crippen molar-refractivity contribution >= 4 is 17.5 Å². The first-order valence-electron chi connectivity index (χ1n) is 5.84. The Morgan fingerprint density at radius 3 is 2.72 bits per heavy atom. The molecular weight excluding hydrogens is 232 g/mol. The number of fused-ring (bicyclic) bond motifs is 1. The van der Waals surface area contributed by atoms with E-state index in [4.69, 9.17) is 4.74 Å². The molecular formula is C13H16N2O3. The van der Waals surface area contributed by atoms with Crippen molar-refractivity contribution in [1.82, 2.24) is 5.32 Å². The molecule has 5 nitrogen and oxygen atoms in total. The van der Waals surface area contributed by atoms with E-state index >= 15 is 0 Å². The van der Waals surface area contributed by atoms with E-state index in [0.29, 0.717) is 23.7 Å². The molecule has 0 aliphatic carbocycles. The third-order valence-electron chi connectivity index (χ3n) is 2.84. The number of carbonyl (C=O) groups is 2. The zero-order valence-electron chi connectivity index (χ0n) is 10.4. The maximum absolute atomic E-state index is 11.5. The molecule has 0 aromatic heterocycles. The number of ether oxygens (including phenoxy) is 1. The second kappa shape index (κ2) is 5.18. The van der Waals surface area contributed by atoms with Gasteiger partial charge in [0.1, 0.15) is 0 Å². The molecule has 2 rings (SSSR count). The Morgan fingerprint density at radius 2 is 2.00 bits per heavy atom. The number of hydrogen-bond donors (Lipinski definition) is 2. The Kier molecular flexibility index (Phi) is 3.62. The highest BCUT2D eigenvalue weighted by Crippen LogP contribution is 2.20. The molecule has 96 valence electrons. The van der Waals surface area contributed by atoms with Crippen molar-refractivity contribution in [2.75, 3.05) is 25.6 Å². The zero-order chi connectivity index (χ0) is 13.1. The average molecular weight is 248 g/mol. The van der Waals surface area contributed by atoms with Crippen LogP contribution in [0.25, 0.3) is 0 Å². The van der Waals surface area contributed by atoms with Crippen LogP contribution >= 0.6 is 0 Å². The lowest BCUT2D eigenvalue weighted by Gasteiger charge is -2.12. The van der Waals surface area contributed by atoms with E-state index in [0.717, 1.165) is 12.2 Å². The van der Waals surface area contributed by atoms with Gasteiger partial charge in [0, 0.05) is 19.3 Å². The van der Waals surface area contributed by atoms with Crippen LogP contribution in [-0.4, -0.2) is 32.1 Å². The number of amides is 2. The smallest absolute Gasteiger partial charge is 0.259 e. The Balaban J connectivity index is 2.06. The largest absolute Gasteiger partial charge is 0.385 e. The van der Waals surface area contributed by atoms with E-state index in [1.165, 1.54) is 0 Å².